The molecule has 0 bridgehead atoms. The number of nitrogen functional groups attached to an aromatic ring is 1. The van der Waals surface area contributed by atoms with E-state index in [1.165, 1.54) is 31.0 Å². The smallest absolute Gasteiger partial charge is 0.349 e. The van der Waals surface area contributed by atoms with Crippen molar-refractivity contribution < 1.29 is 19.3 Å². The van der Waals surface area contributed by atoms with Gasteiger partial charge >= 0.3 is 5.69 Å². The van der Waals surface area contributed by atoms with Gasteiger partial charge in [-0.3, -0.25) is 4.57 Å². The maximum absolute atomic E-state index is 11.7. The van der Waals surface area contributed by atoms with Gasteiger partial charge in [0, 0.05) is 20.4 Å². The van der Waals surface area contributed by atoms with Crippen LogP contribution < -0.4 is 11.4 Å². The van der Waals surface area contributed by atoms with Crippen LogP contribution in [0.1, 0.15) is 6.04 Å². The van der Waals surface area contributed by atoms with Crippen LogP contribution >= 0.6 is 0 Å². The number of methoxy groups -OCH3 is 2. The van der Waals surface area contributed by atoms with Gasteiger partial charge in [-0.25, -0.2) is 4.79 Å². The van der Waals surface area contributed by atoms with E-state index >= 15 is 0 Å². The SMILES string of the molecule is COC(OC)[C@H]1OC[C@@H](n2ccc(N)nc2=O)[C@@H]1O. The second-order valence-corrected chi connectivity index (χ2v) is 4.24. The topological polar surface area (TPSA) is 109 Å². The molecule has 19 heavy (non-hydrogen) atoms. The predicted octanol–water partition coefficient (Wildman–Crippen LogP) is -1.25. The molecule has 0 unspecified atom stereocenters. The van der Waals surface area contributed by atoms with Crippen molar-refractivity contribution in [1.82, 2.24) is 9.55 Å². The van der Waals surface area contributed by atoms with Gasteiger partial charge in [-0.05, 0) is 6.07 Å². The summed E-state index contributed by atoms with van der Waals surface area (Å²) in [6.45, 7) is 0.167. The van der Waals surface area contributed by atoms with Crippen LogP contribution in [0.5, 0.6) is 0 Å². The van der Waals surface area contributed by atoms with Crippen molar-refractivity contribution in [2.75, 3.05) is 26.6 Å². The van der Waals surface area contributed by atoms with Crippen molar-refractivity contribution in [2.45, 2.75) is 24.5 Å². The van der Waals surface area contributed by atoms with E-state index in [2.05, 4.69) is 4.98 Å². The molecule has 2 rings (SSSR count). The molecule has 106 valence electrons. The van der Waals surface area contributed by atoms with Crippen molar-refractivity contribution in [2.24, 2.45) is 0 Å². The van der Waals surface area contributed by atoms with Crippen LogP contribution in [-0.2, 0) is 14.2 Å². The standard InChI is InChI=1S/C11H17N3O5/c1-17-10(18-2)9-8(15)6(5-19-9)14-4-3-7(12)13-11(14)16/h3-4,6,8-10,15H,5H2,1-2H3,(H2,12,13,16)/t6-,8+,9+/m1/s1. The van der Waals surface area contributed by atoms with Crippen molar-refractivity contribution in [3.05, 3.63) is 22.7 Å². The molecule has 3 atom stereocenters. The molecule has 0 amide bonds. The Morgan fingerprint density at radius 3 is 2.84 bits per heavy atom. The molecule has 1 aliphatic rings. The number of nitrogens with two attached hydrogens (primary N) is 1. The Labute approximate surface area is 109 Å². The summed E-state index contributed by atoms with van der Waals surface area (Å²) in [5.41, 5.74) is 4.89. The van der Waals surface area contributed by atoms with E-state index in [4.69, 9.17) is 19.9 Å². The fourth-order valence-electron chi connectivity index (χ4n) is 2.15. The number of nitrogens with zero attached hydrogens (tertiary/aromatic N) is 2. The van der Waals surface area contributed by atoms with Gasteiger partial charge in [0.15, 0.2) is 6.29 Å². The predicted molar refractivity (Wildman–Crippen MR) is 65.5 cm³/mol. The average Bonchev–Trinajstić information content (AvgIpc) is 2.74. The Morgan fingerprint density at radius 2 is 2.26 bits per heavy atom. The molecule has 0 aromatic carbocycles. The van der Waals surface area contributed by atoms with Crippen LogP contribution in [0.2, 0.25) is 0 Å². The summed E-state index contributed by atoms with van der Waals surface area (Å²) in [7, 11) is 2.91. The lowest BCUT2D eigenvalue weighted by Crippen LogP contribution is -2.41. The van der Waals surface area contributed by atoms with Crippen LogP contribution in [0.4, 0.5) is 5.82 Å². The average molecular weight is 271 g/mol. The summed E-state index contributed by atoms with van der Waals surface area (Å²) in [5, 5.41) is 10.2. The van der Waals surface area contributed by atoms with Gasteiger partial charge in [-0.1, -0.05) is 0 Å². The van der Waals surface area contributed by atoms with Gasteiger partial charge in [0.05, 0.1) is 12.6 Å². The largest absolute Gasteiger partial charge is 0.388 e. The van der Waals surface area contributed by atoms with Crippen LogP contribution in [0.15, 0.2) is 17.1 Å². The maximum Gasteiger partial charge on any atom is 0.349 e. The molecule has 8 nitrogen and oxygen atoms in total. The highest BCUT2D eigenvalue weighted by Crippen LogP contribution is 2.27. The Balaban J connectivity index is 2.22. The highest BCUT2D eigenvalue weighted by molar-refractivity contribution is 5.23. The summed E-state index contributed by atoms with van der Waals surface area (Å²) in [4.78, 5) is 15.3. The highest BCUT2D eigenvalue weighted by atomic mass is 16.7. The van der Waals surface area contributed by atoms with Crippen LogP contribution in [0.25, 0.3) is 0 Å². The number of anilines is 1. The van der Waals surface area contributed by atoms with Gasteiger partial charge < -0.3 is 25.1 Å². The second kappa shape index (κ2) is 5.66. The molecule has 8 heteroatoms. The number of hydrogen-bond acceptors (Lipinski definition) is 7. The highest BCUT2D eigenvalue weighted by Gasteiger charge is 2.42. The molecule has 3 N–H and O–H groups in total. The molecule has 1 aromatic heterocycles. The zero-order chi connectivity index (χ0) is 14.0. The number of aliphatic hydroxyl groups excluding tert-OH is 1. The van der Waals surface area contributed by atoms with E-state index in [1.54, 1.807) is 0 Å². The summed E-state index contributed by atoms with van der Waals surface area (Å²) in [5.74, 6) is 0.137. The van der Waals surface area contributed by atoms with E-state index in [-0.39, 0.29) is 12.4 Å². The lowest BCUT2D eigenvalue weighted by molar-refractivity contribution is -0.185. The summed E-state index contributed by atoms with van der Waals surface area (Å²) in [6.07, 6.45) is -0.811. The van der Waals surface area contributed by atoms with Crippen LogP contribution in [-0.4, -0.2) is 54.0 Å². The van der Waals surface area contributed by atoms with Crippen molar-refractivity contribution >= 4 is 5.82 Å². The van der Waals surface area contributed by atoms with Gasteiger partial charge in [-0.2, -0.15) is 4.98 Å². The maximum atomic E-state index is 11.7. The Bertz CT molecular complexity index is 487. The number of aliphatic hydroxyl groups is 1. The van der Waals surface area contributed by atoms with Crippen LogP contribution in [0, 0.1) is 0 Å². The van der Waals surface area contributed by atoms with E-state index < -0.39 is 30.2 Å². The Kier molecular flexibility index (Phi) is 4.15. The van der Waals surface area contributed by atoms with Gasteiger partial charge in [0.25, 0.3) is 0 Å². The molecular formula is C11H17N3O5. The molecule has 2 heterocycles. The fourth-order valence-corrected chi connectivity index (χ4v) is 2.15. The third-order valence-electron chi connectivity index (χ3n) is 3.13. The van der Waals surface area contributed by atoms with E-state index in [0.29, 0.717) is 0 Å². The Morgan fingerprint density at radius 1 is 1.58 bits per heavy atom. The summed E-state index contributed by atoms with van der Waals surface area (Å²) < 4.78 is 16.9. The third-order valence-corrected chi connectivity index (χ3v) is 3.13. The first-order chi connectivity index (χ1) is 9.08. The molecule has 1 aromatic rings. The minimum absolute atomic E-state index is 0.137. The molecule has 1 saturated heterocycles. The van der Waals surface area contributed by atoms with Gasteiger partial charge in [0.2, 0.25) is 0 Å². The van der Waals surface area contributed by atoms with Crippen molar-refractivity contribution in [3.63, 3.8) is 0 Å². The Hall–Kier alpha value is -1.48. The van der Waals surface area contributed by atoms with Crippen LogP contribution in [0.3, 0.4) is 0 Å². The molecule has 1 fully saturated rings. The number of ether oxygens (including phenoxy) is 3. The first-order valence-electron chi connectivity index (χ1n) is 5.78. The first-order valence-corrected chi connectivity index (χ1v) is 5.78. The fraction of sp³-hybridized carbons (Fsp3) is 0.636. The molecule has 0 radical (unpaired) electrons. The van der Waals surface area contributed by atoms with E-state index in [0.717, 1.165) is 0 Å². The van der Waals surface area contributed by atoms with Crippen molar-refractivity contribution in [1.29, 1.82) is 0 Å². The zero-order valence-electron chi connectivity index (χ0n) is 10.7. The van der Waals surface area contributed by atoms with Crippen molar-refractivity contribution in [3.8, 4) is 0 Å². The second-order valence-electron chi connectivity index (χ2n) is 4.24. The quantitative estimate of drug-likeness (QED) is 0.658. The van der Waals surface area contributed by atoms with Gasteiger partial charge in [-0.15, -0.1) is 0 Å². The van der Waals surface area contributed by atoms with E-state index in [1.807, 2.05) is 0 Å². The van der Waals surface area contributed by atoms with Gasteiger partial charge in [0.1, 0.15) is 18.0 Å². The first kappa shape index (κ1) is 13.9. The monoisotopic (exact) mass is 271 g/mol. The zero-order valence-corrected chi connectivity index (χ0v) is 10.7. The minimum Gasteiger partial charge on any atom is -0.388 e. The summed E-state index contributed by atoms with van der Waals surface area (Å²) >= 11 is 0. The normalized spacial score (nSPS) is 27.1. The number of aromatic nitrogens is 2. The molecule has 0 spiro atoms. The minimum atomic E-state index is -0.937. The summed E-state index contributed by atoms with van der Waals surface area (Å²) in [6, 6.07) is 0.948. The molecule has 1 aliphatic heterocycles. The lowest BCUT2D eigenvalue weighted by atomic mass is 10.1. The number of rotatable bonds is 4. The lowest BCUT2D eigenvalue weighted by Gasteiger charge is -2.24. The molecular weight excluding hydrogens is 254 g/mol. The number of hydrogen-bond donors (Lipinski definition) is 2. The third kappa shape index (κ3) is 2.61. The van der Waals surface area contributed by atoms with E-state index in [9.17, 15) is 9.90 Å². The molecule has 0 aliphatic carbocycles. The molecule has 0 saturated carbocycles.